The number of aromatic nitrogens is 4. The van der Waals surface area contributed by atoms with Crippen LogP contribution >= 0.6 is 0 Å². The first-order valence-corrected chi connectivity index (χ1v) is 7.15. The van der Waals surface area contributed by atoms with Gasteiger partial charge in [-0.25, -0.2) is 4.98 Å². The third-order valence-electron chi connectivity index (χ3n) is 3.41. The summed E-state index contributed by atoms with van der Waals surface area (Å²) in [4.78, 5) is 4.35. The number of rotatable bonds is 6. The van der Waals surface area contributed by atoms with Gasteiger partial charge in [0.1, 0.15) is 5.82 Å². The zero-order valence-corrected chi connectivity index (χ0v) is 12.1. The molecule has 0 saturated heterocycles. The molecule has 0 amide bonds. The van der Waals surface area contributed by atoms with Gasteiger partial charge in [-0.15, -0.1) is 0 Å². The van der Waals surface area contributed by atoms with Crippen LogP contribution in [-0.2, 0) is 19.6 Å². The van der Waals surface area contributed by atoms with Crippen LogP contribution in [0.3, 0.4) is 0 Å². The Kier molecular flexibility index (Phi) is 4.00. The minimum Gasteiger partial charge on any atom is -0.375 e. The molecular weight excluding hydrogens is 262 g/mol. The quantitative estimate of drug-likeness (QED) is 0.756. The summed E-state index contributed by atoms with van der Waals surface area (Å²) in [5.74, 6) is 1.04. The maximum absolute atomic E-state index is 4.38. The van der Waals surface area contributed by atoms with Gasteiger partial charge in [0.05, 0.1) is 25.0 Å². The largest absolute Gasteiger partial charge is 0.375 e. The lowest BCUT2D eigenvalue weighted by Gasteiger charge is -2.05. The summed E-state index contributed by atoms with van der Waals surface area (Å²) in [6.07, 6.45) is 7.70. The van der Waals surface area contributed by atoms with E-state index in [1.165, 1.54) is 5.56 Å². The van der Waals surface area contributed by atoms with Crippen molar-refractivity contribution in [3.63, 3.8) is 0 Å². The fourth-order valence-corrected chi connectivity index (χ4v) is 2.29. The summed E-state index contributed by atoms with van der Waals surface area (Å²) >= 11 is 0. The molecule has 5 nitrogen and oxygen atoms in total. The van der Waals surface area contributed by atoms with Gasteiger partial charge < -0.3 is 9.88 Å². The van der Waals surface area contributed by atoms with Gasteiger partial charge in [0.25, 0.3) is 0 Å². The zero-order chi connectivity index (χ0) is 14.5. The van der Waals surface area contributed by atoms with Crippen LogP contribution in [0.25, 0.3) is 0 Å². The molecule has 5 heteroatoms. The van der Waals surface area contributed by atoms with Crippen molar-refractivity contribution in [3.8, 4) is 0 Å². The van der Waals surface area contributed by atoms with Crippen LogP contribution in [0.1, 0.15) is 18.3 Å². The molecule has 0 saturated carbocycles. The number of anilines is 1. The molecule has 0 aliphatic rings. The summed E-state index contributed by atoms with van der Waals surface area (Å²) < 4.78 is 4.06. The number of nitrogens with zero attached hydrogens (tertiary/aromatic N) is 4. The van der Waals surface area contributed by atoms with E-state index in [-0.39, 0.29) is 0 Å². The van der Waals surface area contributed by atoms with Gasteiger partial charge in [-0.05, 0) is 12.5 Å². The molecule has 3 rings (SSSR count). The third-order valence-corrected chi connectivity index (χ3v) is 3.41. The number of imidazole rings is 1. The van der Waals surface area contributed by atoms with Gasteiger partial charge in [0.15, 0.2) is 0 Å². The van der Waals surface area contributed by atoms with E-state index in [0.717, 1.165) is 24.6 Å². The molecule has 0 aliphatic carbocycles. The van der Waals surface area contributed by atoms with E-state index in [9.17, 15) is 0 Å². The van der Waals surface area contributed by atoms with Crippen LogP contribution in [0, 0.1) is 0 Å². The Hall–Kier alpha value is -2.56. The van der Waals surface area contributed by atoms with Crippen molar-refractivity contribution in [1.82, 2.24) is 19.3 Å². The molecule has 1 N–H and O–H groups in total. The van der Waals surface area contributed by atoms with Gasteiger partial charge >= 0.3 is 0 Å². The lowest BCUT2D eigenvalue weighted by molar-refractivity contribution is 0.686. The Morgan fingerprint density at radius 2 is 2.05 bits per heavy atom. The number of nitrogens with one attached hydrogen (secondary N) is 1. The molecule has 0 atom stereocenters. The molecule has 2 heterocycles. The van der Waals surface area contributed by atoms with Crippen LogP contribution in [0.2, 0.25) is 0 Å². The van der Waals surface area contributed by atoms with Crippen LogP contribution < -0.4 is 5.32 Å². The van der Waals surface area contributed by atoms with Gasteiger partial charge in [-0.2, -0.15) is 5.10 Å². The van der Waals surface area contributed by atoms with Gasteiger partial charge in [-0.1, -0.05) is 30.3 Å². The summed E-state index contributed by atoms with van der Waals surface area (Å²) in [5, 5.41) is 7.74. The molecular formula is C16H19N5. The average Bonchev–Trinajstić information content (AvgIpc) is 3.15. The Labute approximate surface area is 124 Å². The highest BCUT2D eigenvalue weighted by atomic mass is 15.3. The highest BCUT2D eigenvalue weighted by molar-refractivity contribution is 5.38. The Balaban J connectivity index is 1.60. The van der Waals surface area contributed by atoms with E-state index >= 15 is 0 Å². The third kappa shape index (κ3) is 3.31. The number of aryl methyl sites for hydroxylation is 1. The molecule has 2 aromatic heterocycles. The topological polar surface area (TPSA) is 47.7 Å². The van der Waals surface area contributed by atoms with Crippen molar-refractivity contribution in [2.75, 3.05) is 5.32 Å². The fraction of sp³-hybridized carbons (Fsp3) is 0.250. The SMILES string of the molecule is CCn1ccnc1CNc1cnn(Cc2ccccc2)c1. The molecule has 0 spiro atoms. The van der Waals surface area contributed by atoms with Crippen LogP contribution in [0.5, 0.6) is 0 Å². The monoisotopic (exact) mass is 281 g/mol. The summed E-state index contributed by atoms with van der Waals surface area (Å²) in [6.45, 7) is 4.54. The highest BCUT2D eigenvalue weighted by Crippen LogP contribution is 2.09. The second kappa shape index (κ2) is 6.26. The van der Waals surface area contributed by atoms with Crippen molar-refractivity contribution < 1.29 is 0 Å². The van der Waals surface area contributed by atoms with E-state index in [2.05, 4.69) is 39.0 Å². The van der Waals surface area contributed by atoms with Gasteiger partial charge in [0, 0.05) is 25.1 Å². The summed E-state index contributed by atoms with van der Waals surface area (Å²) in [6, 6.07) is 10.3. The predicted octanol–water partition coefficient (Wildman–Crippen LogP) is 2.76. The molecule has 0 aliphatic heterocycles. The minimum atomic E-state index is 0.706. The standard InChI is InChI=1S/C16H19N5/c1-2-20-9-8-17-16(20)11-18-15-10-19-21(13-15)12-14-6-4-3-5-7-14/h3-10,13,18H,2,11-12H2,1H3. The second-order valence-electron chi connectivity index (χ2n) is 4.90. The molecule has 1 aromatic carbocycles. The second-order valence-corrected chi connectivity index (χ2v) is 4.90. The maximum atomic E-state index is 4.38. The van der Waals surface area contributed by atoms with Gasteiger partial charge in [0.2, 0.25) is 0 Å². The normalized spacial score (nSPS) is 10.7. The molecule has 3 aromatic rings. The minimum absolute atomic E-state index is 0.706. The van der Waals surface area contributed by atoms with Crippen molar-refractivity contribution in [2.24, 2.45) is 0 Å². The molecule has 108 valence electrons. The predicted molar refractivity (Wildman–Crippen MR) is 83.0 cm³/mol. The number of benzene rings is 1. The Bertz CT molecular complexity index is 684. The fourth-order valence-electron chi connectivity index (χ4n) is 2.29. The van der Waals surface area contributed by atoms with Crippen LogP contribution in [-0.4, -0.2) is 19.3 Å². The lowest BCUT2D eigenvalue weighted by atomic mass is 10.2. The smallest absolute Gasteiger partial charge is 0.128 e. The van der Waals surface area contributed by atoms with Crippen LogP contribution in [0.4, 0.5) is 5.69 Å². The van der Waals surface area contributed by atoms with Crippen molar-refractivity contribution >= 4 is 5.69 Å². The lowest BCUT2D eigenvalue weighted by Crippen LogP contribution is -2.07. The first-order valence-electron chi connectivity index (χ1n) is 7.15. The van der Waals surface area contributed by atoms with E-state index in [1.54, 1.807) is 0 Å². The molecule has 0 unspecified atom stereocenters. The summed E-state index contributed by atoms with van der Waals surface area (Å²) in [7, 11) is 0. The van der Waals surface area contributed by atoms with E-state index in [1.807, 2.05) is 47.7 Å². The molecule has 0 bridgehead atoms. The summed E-state index contributed by atoms with van der Waals surface area (Å²) in [5.41, 5.74) is 2.25. The Morgan fingerprint density at radius 3 is 2.86 bits per heavy atom. The first-order chi connectivity index (χ1) is 10.3. The van der Waals surface area contributed by atoms with Gasteiger partial charge in [-0.3, -0.25) is 4.68 Å². The molecule has 0 fully saturated rings. The van der Waals surface area contributed by atoms with Crippen molar-refractivity contribution in [2.45, 2.75) is 26.6 Å². The van der Waals surface area contributed by atoms with Crippen molar-refractivity contribution in [3.05, 3.63) is 66.5 Å². The average molecular weight is 281 g/mol. The van der Waals surface area contributed by atoms with E-state index < -0.39 is 0 Å². The van der Waals surface area contributed by atoms with E-state index in [4.69, 9.17) is 0 Å². The Morgan fingerprint density at radius 1 is 1.19 bits per heavy atom. The highest BCUT2D eigenvalue weighted by Gasteiger charge is 2.03. The first kappa shape index (κ1) is 13.4. The number of hydrogen-bond donors (Lipinski definition) is 1. The van der Waals surface area contributed by atoms with Crippen LogP contribution in [0.15, 0.2) is 55.1 Å². The number of hydrogen-bond acceptors (Lipinski definition) is 3. The maximum Gasteiger partial charge on any atom is 0.128 e. The zero-order valence-electron chi connectivity index (χ0n) is 12.1. The molecule has 0 radical (unpaired) electrons. The van der Waals surface area contributed by atoms with E-state index in [0.29, 0.717) is 6.54 Å². The van der Waals surface area contributed by atoms with Crippen molar-refractivity contribution in [1.29, 1.82) is 0 Å². The molecule has 21 heavy (non-hydrogen) atoms.